The smallest absolute Gasteiger partial charge is 0.226 e. The molecular weight excluding hydrogens is 333 g/mol. The molecule has 2 aromatic heterocycles. The van der Waals surface area contributed by atoms with E-state index in [0.717, 1.165) is 11.3 Å². The van der Waals surface area contributed by atoms with Crippen LogP contribution in [0.15, 0.2) is 42.6 Å². The Labute approximate surface area is 144 Å². The fraction of sp³-hybridized carbons (Fsp3) is 0.118. The molecule has 0 spiro atoms. The first-order valence-corrected chi connectivity index (χ1v) is 7.70. The van der Waals surface area contributed by atoms with Gasteiger partial charge in [0.2, 0.25) is 5.88 Å². The first-order chi connectivity index (χ1) is 11.1. The third kappa shape index (κ3) is 3.28. The highest BCUT2D eigenvalue weighted by molar-refractivity contribution is 6.42. The van der Waals surface area contributed by atoms with Crippen molar-refractivity contribution in [1.29, 1.82) is 0 Å². The van der Waals surface area contributed by atoms with Gasteiger partial charge in [0.1, 0.15) is 16.5 Å². The SMILES string of the molecule is Cc1nc(-c2ccccn2)nc(Oc2cccc(Cl)c2Cl)c1C. The Morgan fingerprint density at radius 2 is 1.78 bits per heavy atom. The molecule has 0 N–H and O–H groups in total. The van der Waals surface area contributed by atoms with Crippen LogP contribution in [0.4, 0.5) is 0 Å². The maximum absolute atomic E-state index is 6.18. The molecule has 0 saturated heterocycles. The van der Waals surface area contributed by atoms with Gasteiger partial charge in [-0.1, -0.05) is 35.3 Å². The first-order valence-electron chi connectivity index (χ1n) is 6.95. The predicted molar refractivity (Wildman–Crippen MR) is 91.3 cm³/mol. The molecule has 2 heterocycles. The van der Waals surface area contributed by atoms with Gasteiger partial charge in [0.15, 0.2) is 5.82 Å². The molecule has 0 bridgehead atoms. The van der Waals surface area contributed by atoms with E-state index in [4.69, 9.17) is 27.9 Å². The van der Waals surface area contributed by atoms with Crippen LogP contribution in [0.5, 0.6) is 11.6 Å². The van der Waals surface area contributed by atoms with Gasteiger partial charge in [0.25, 0.3) is 0 Å². The molecule has 0 aliphatic heterocycles. The summed E-state index contributed by atoms with van der Waals surface area (Å²) in [4.78, 5) is 13.2. The molecule has 116 valence electrons. The molecule has 0 atom stereocenters. The lowest BCUT2D eigenvalue weighted by Crippen LogP contribution is -2.01. The fourth-order valence-electron chi connectivity index (χ4n) is 1.98. The summed E-state index contributed by atoms with van der Waals surface area (Å²) in [6, 6.07) is 10.8. The van der Waals surface area contributed by atoms with E-state index in [2.05, 4.69) is 15.0 Å². The van der Waals surface area contributed by atoms with Crippen LogP contribution in [0.3, 0.4) is 0 Å². The van der Waals surface area contributed by atoms with Gasteiger partial charge in [-0.05, 0) is 38.1 Å². The normalized spacial score (nSPS) is 10.6. The number of hydrogen-bond acceptors (Lipinski definition) is 4. The van der Waals surface area contributed by atoms with Crippen molar-refractivity contribution >= 4 is 23.2 Å². The second-order valence-electron chi connectivity index (χ2n) is 4.93. The van der Waals surface area contributed by atoms with Gasteiger partial charge < -0.3 is 4.74 Å². The Kier molecular flexibility index (Phi) is 4.46. The molecule has 3 aromatic rings. The average Bonchev–Trinajstić information content (AvgIpc) is 2.56. The first kappa shape index (κ1) is 15.7. The van der Waals surface area contributed by atoms with Gasteiger partial charge in [0, 0.05) is 17.5 Å². The standard InChI is InChI=1S/C17H13Cl2N3O/c1-10-11(2)21-16(13-7-3-4-9-20-13)22-17(10)23-14-8-5-6-12(18)15(14)19/h3-9H,1-2H3. The molecule has 0 fully saturated rings. The summed E-state index contributed by atoms with van der Waals surface area (Å²) in [5.41, 5.74) is 2.33. The molecule has 23 heavy (non-hydrogen) atoms. The fourth-order valence-corrected chi connectivity index (χ4v) is 2.31. The molecular formula is C17H13Cl2N3O. The maximum atomic E-state index is 6.18. The Bertz CT molecular complexity index is 854. The minimum absolute atomic E-state index is 0.351. The van der Waals surface area contributed by atoms with Crippen molar-refractivity contribution in [3.8, 4) is 23.1 Å². The van der Waals surface area contributed by atoms with Crippen molar-refractivity contribution in [2.24, 2.45) is 0 Å². The number of pyridine rings is 1. The van der Waals surface area contributed by atoms with E-state index in [-0.39, 0.29) is 0 Å². The Hall–Kier alpha value is -2.17. The van der Waals surface area contributed by atoms with Gasteiger partial charge >= 0.3 is 0 Å². The minimum Gasteiger partial charge on any atom is -0.437 e. The van der Waals surface area contributed by atoms with Gasteiger partial charge in [0.05, 0.1) is 5.02 Å². The lowest BCUT2D eigenvalue weighted by atomic mass is 10.2. The van der Waals surface area contributed by atoms with Crippen LogP contribution in [0.2, 0.25) is 10.0 Å². The van der Waals surface area contributed by atoms with Crippen LogP contribution in [0.1, 0.15) is 11.3 Å². The van der Waals surface area contributed by atoms with E-state index in [1.165, 1.54) is 0 Å². The summed E-state index contributed by atoms with van der Waals surface area (Å²) in [5.74, 6) is 1.39. The predicted octanol–water partition coefficient (Wildman–Crippen LogP) is 5.25. The molecule has 0 aliphatic rings. The zero-order valence-electron chi connectivity index (χ0n) is 12.5. The molecule has 6 heteroatoms. The van der Waals surface area contributed by atoms with Crippen LogP contribution in [-0.4, -0.2) is 15.0 Å². The van der Waals surface area contributed by atoms with Crippen molar-refractivity contribution in [1.82, 2.24) is 15.0 Å². The summed E-state index contributed by atoms with van der Waals surface area (Å²) < 4.78 is 5.87. The van der Waals surface area contributed by atoms with Gasteiger partial charge in [-0.15, -0.1) is 0 Å². The third-order valence-corrected chi connectivity index (χ3v) is 4.16. The molecule has 4 nitrogen and oxygen atoms in total. The zero-order valence-corrected chi connectivity index (χ0v) is 14.1. The average molecular weight is 346 g/mol. The summed E-state index contributed by atoms with van der Waals surface area (Å²) in [6.45, 7) is 3.79. The number of hydrogen-bond donors (Lipinski definition) is 0. The largest absolute Gasteiger partial charge is 0.437 e. The van der Waals surface area contributed by atoms with E-state index in [0.29, 0.717) is 33.2 Å². The number of ether oxygens (including phenoxy) is 1. The van der Waals surface area contributed by atoms with E-state index >= 15 is 0 Å². The van der Waals surface area contributed by atoms with Crippen molar-refractivity contribution in [2.45, 2.75) is 13.8 Å². The van der Waals surface area contributed by atoms with E-state index < -0.39 is 0 Å². The number of aryl methyl sites for hydroxylation is 1. The Morgan fingerprint density at radius 3 is 2.52 bits per heavy atom. The topological polar surface area (TPSA) is 47.9 Å². The quantitative estimate of drug-likeness (QED) is 0.649. The number of aromatic nitrogens is 3. The summed E-state index contributed by atoms with van der Waals surface area (Å²) in [5, 5.41) is 0.779. The highest BCUT2D eigenvalue weighted by Crippen LogP contribution is 2.35. The van der Waals surface area contributed by atoms with Crippen molar-refractivity contribution < 1.29 is 4.74 Å². The highest BCUT2D eigenvalue weighted by atomic mass is 35.5. The maximum Gasteiger partial charge on any atom is 0.226 e. The number of rotatable bonds is 3. The number of halogens is 2. The molecule has 0 radical (unpaired) electrons. The monoisotopic (exact) mass is 345 g/mol. The van der Waals surface area contributed by atoms with Crippen molar-refractivity contribution in [3.05, 3.63) is 63.9 Å². The van der Waals surface area contributed by atoms with Crippen LogP contribution in [0.25, 0.3) is 11.5 Å². The lowest BCUT2D eigenvalue weighted by Gasteiger charge is -2.12. The molecule has 1 aromatic carbocycles. The summed E-state index contributed by atoms with van der Waals surface area (Å²) in [6.07, 6.45) is 1.70. The molecule has 0 saturated carbocycles. The molecule has 3 rings (SSSR count). The molecule has 0 amide bonds. The third-order valence-electron chi connectivity index (χ3n) is 3.36. The Morgan fingerprint density at radius 1 is 0.957 bits per heavy atom. The summed E-state index contributed by atoms with van der Waals surface area (Å²) in [7, 11) is 0. The second-order valence-corrected chi connectivity index (χ2v) is 5.72. The minimum atomic E-state index is 0.351. The van der Waals surface area contributed by atoms with E-state index in [1.807, 2.05) is 32.0 Å². The highest BCUT2D eigenvalue weighted by Gasteiger charge is 2.14. The molecule has 0 unspecified atom stereocenters. The van der Waals surface area contributed by atoms with E-state index in [9.17, 15) is 0 Å². The van der Waals surface area contributed by atoms with Crippen LogP contribution >= 0.6 is 23.2 Å². The number of benzene rings is 1. The van der Waals surface area contributed by atoms with Crippen molar-refractivity contribution in [3.63, 3.8) is 0 Å². The lowest BCUT2D eigenvalue weighted by molar-refractivity contribution is 0.457. The van der Waals surface area contributed by atoms with E-state index in [1.54, 1.807) is 24.4 Å². The van der Waals surface area contributed by atoms with Gasteiger partial charge in [-0.2, -0.15) is 4.98 Å². The summed E-state index contributed by atoms with van der Waals surface area (Å²) >= 11 is 12.2. The van der Waals surface area contributed by atoms with Crippen LogP contribution < -0.4 is 4.74 Å². The molecule has 0 aliphatic carbocycles. The van der Waals surface area contributed by atoms with Crippen LogP contribution in [0, 0.1) is 13.8 Å². The van der Waals surface area contributed by atoms with Gasteiger partial charge in [-0.3, -0.25) is 4.98 Å². The zero-order chi connectivity index (χ0) is 16.4. The van der Waals surface area contributed by atoms with Gasteiger partial charge in [-0.25, -0.2) is 4.98 Å². The Balaban J connectivity index is 2.05. The van der Waals surface area contributed by atoms with Crippen molar-refractivity contribution in [2.75, 3.05) is 0 Å². The second kappa shape index (κ2) is 6.52. The van der Waals surface area contributed by atoms with Crippen LogP contribution in [-0.2, 0) is 0 Å². The number of nitrogens with zero attached hydrogens (tertiary/aromatic N) is 3.